The van der Waals surface area contributed by atoms with Gasteiger partial charge in [-0.3, -0.25) is 4.79 Å². The highest BCUT2D eigenvalue weighted by Crippen LogP contribution is 2.19. The second kappa shape index (κ2) is 8.33. The zero-order valence-electron chi connectivity index (χ0n) is 11.5. The molecule has 0 aromatic carbocycles. The summed E-state index contributed by atoms with van der Waals surface area (Å²) in [5.41, 5.74) is 0.164. The van der Waals surface area contributed by atoms with Crippen LogP contribution in [0.15, 0.2) is 22.9 Å². The second-order valence-electron chi connectivity index (χ2n) is 4.26. The van der Waals surface area contributed by atoms with Crippen LogP contribution in [0.3, 0.4) is 0 Å². The molecule has 8 heteroatoms. The Morgan fingerprint density at radius 3 is 2.76 bits per heavy atom. The van der Waals surface area contributed by atoms with Crippen LogP contribution in [0.5, 0.6) is 0 Å². The van der Waals surface area contributed by atoms with E-state index >= 15 is 0 Å². The molecule has 0 atom stereocenters. The number of carbonyl (C=O) groups excluding carboxylic acids is 1. The summed E-state index contributed by atoms with van der Waals surface area (Å²) in [5.74, 6) is -0.674. The van der Waals surface area contributed by atoms with E-state index in [0.29, 0.717) is 24.2 Å². The van der Waals surface area contributed by atoms with Gasteiger partial charge in [-0.05, 0) is 41.4 Å². The van der Waals surface area contributed by atoms with E-state index in [1.165, 1.54) is 18.3 Å². The minimum atomic E-state index is -4.44. The van der Waals surface area contributed by atoms with Crippen LogP contribution in [0.4, 0.5) is 13.2 Å². The number of hydrogen-bond donors (Lipinski definition) is 0. The number of pyridine rings is 1. The first-order chi connectivity index (χ1) is 9.83. The smallest absolute Gasteiger partial charge is 0.382 e. The number of ether oxygens (including phenoxy) is 1. The highest BCUT2D eigenvalue weighted by molar-refractivity contribution is 9.10. The standard InChI is InChI=1S/C13H16BrF3N2O2/c1-2-21-7-3-6-19(9-13(15,16)17)12(20)10-4-5-18-11(14)8-10/h4-5,8H,2-3,6-7,9H2,1H3. The molecule has 1 rings (SSSR count). The van der Waals surface area contributed by atoms with E-state index in [9.17, 15) is 18.0 Å². The zero-order chi connectivity index (χ0) is 15.9. The third-order valence-electron chi connectivity index (χ3n) is 2.55. The summed E-state index contributed by atoms with van der Waals surface area (Å²) in [5, 5.41) is 0. The number of rotatable bonds is 7. The summed E-state index contributed by atoms with van der Waals surface area (Å²) in [7, 11) is 0. The third-order valence-corrected chi connectivity index (χ3v) is 2.99. The monoisotopic (exact) mass is 368 g/mol. The largest absolute Gasteiger partial charge is 0.406 e. The predicted octanol–water partition coefficient (Wildman–Crippen LogP) is 3.28. The summed E-state index contributed by atoms with van der Waals surface area (Å²) in [6.07, 6.45) is -2.73. The average molecular weight is 369 g/mol. The molecule has 0 saturated carbocycles. The van der Waals surface area contributed by atoms with Crippen LogP contribution < -0.4 is 0 Å². The van der Waals surface area contributed by atoms with Gasteiger partial charge in [0.15, 0.2) is 0 Å². The van der Waals surface area contributed by atoms with Crippen LogP contribution >= 0.6 is 15.9 Å². The van der Waals surface area contributed by atoms with Crippen LogP contribution in [0, 0.1) is 0 Å². The Hall–Kier alpha value is -1.15. The molecular formula is C13H16BrF3N2O2. The molecule has 0 saturated heterocycles. The lowest BCUT2D eigenvalue weighted by Gasteiger charge is -2.24. The summed E-state index contributed by atoms with van der Waals surface area (Å²) in [4.78, 5) is 16.8. The van der Waals surface area contributed by atoms with Gasteiger partial charge < -0.3 is 9.64 Å². The maximum absolute atomic E-state index is 12.6. The molecule has 1 heterocycles. The number of amides is 1. The molecule has 0 fully saturated rings. The Bertz CT molecular complexity index is 469. The van der Waals surface area contributed by atoms with E-state index in [1.54, 1.807) is 6.92 Å². The maximum atomic E-state index is 12.6. The summed E-state index contributed by atoms with van der Waals surface area (Å²) in [6.45, 7) is 1.31. The molecule has 1 aromatic rings. The minimum Gasteiger partial charge on any atom is -0.382 e. The predicted molar refractivity (Wildman–Crippen MR) is 75.0 cm³/mol. The summed E-state index contributed by atoms with van der Waals surface area (Å²) < 4.78 is 43.2. The van der Waals surface area contributed by atoms with Crippen molar-refractivity contribution in [1.29, 1.82) is 0 Å². The fraction of sp³-hybridized carbons (Fsp3) is 0.538. The second-order valence-corrected chi connectivity index (χ2v) is 5.07. The van der Waals surface area contributed by atoms with Crippen molar-refractivity contribution < 1.29 is 22.7 Å². The van der Waals surface area contributed by atoms with Crippen LogP contribution in [0.2, 0.25) is 0 Å². The Kier molecular flexibility index (Phi) is 7.10. The first-order valence-corrected chi connectivity index (χ1v) is 7.18. The molecular weight excluding hydrogens is 353 g/mol. The molecule has 0 radical (unpaired) electrons. The van der Waals surface area contributed by atoms with Gasteiger partial charge in [-0.2, -0.15) is 13.2 Å². The van der Waals surface area contributed by atoms with Crippen LogP contribution in [-0.4, -0.2) is 48.3 Å². The quantitative estimate of drug-likeness (QED) is 0.547. The van der Waals surface area contributed by atoms with Crippen molar-refractivity contribution in [2.45, 2.75) is 19.5 Å². The molecule has 118 valence electrons. The van der Waals surface area contributed by atoms with E-state index in [1.807, 2.05) is 0 Å². The number of halogens is 4. The Morgan fingerprint density at radius 2 is 2.19 bits per heavy atom. The molecule has 21 heavy (non-hydrogen) atoms. The van der Waals surface area contributed by atoms with Crippen molar-refractivity contribution >= 4 is 21.8 Å². The van der Waals surface area contributed by atoms with Crippen molar-refractivity contribution in [1.82, 2.24) is 9.88 Å². The van der Waals surface area contributed by atoms with Gasteiger partial charge in [-0.25, -0.2) is 4.98 Å². The lowest BCUT2D eigenvalue weighted by molar-refractivity contribution is -0.141. The number of alkyl halides is 3. The molecule has 0 spiro atoms. The molecule has 0 aliphatic carbocycles. The van der Waals surface area contributed by atoms with E-state index in [4.69, 9.17) is 4.74 Å². The Balaban J connectivity index is 2.76. The molecule has 0 unspecified atom stereocenters. The molecule has 0 N–H and O–H groups in total. The SMILES string of the molecule is CCOCCCN(CC(F)(F)F)C(=O)c1ccnc(Br)c1. The van der Waals surface area contributed by atoms with Gasteiger partial charge >= 0.3 is 6.18 Å². The summed E-state index contributed by atoms with van der Waals surface area (Å²) >= 11 is 3.09. The van der Waals surface area contributed by atoms with Gasteiger partial charge in [0, 0.05) is 31.5 Å². The molecule has 0 aliphatic rings. The Labute approximate surface area is 129 Å². The molecule has 4 nitrogen and oxygen atoms in total. The fourth-order valence-electron chi connectivity index (χ4n) is 1.69. The van der Waals surface area contributed by atoms with Gasteiger partial charge in [0.2, 0.25) is 0 Å². The molecule has 1 amide bonds. The van der Waals surface area contributed by atoms with E-state index in [0.717, 1.165) is 4.90 Å². The van der Waals surface area contributed by atoms with Crippen LogP contribution in [-0.2, 0) is 4.74 Å². The lowest BCUT2D eigenvalue weighted by Crippen LogP contribution is -2.40. The van der Waals surface area contributed by atoms with Crippen molar-refractivity contribution in [3.63, 3.8) is 0 Å². The van der Waals surface area contributed by atoms with E-state index in [-0.39, 0.29) is 12.1 Å². The van der Waals surface area contributed by atoms with Crippen molar-refractivity contribution in [2.24, 2.45) is 0 Å². The van der Waals surface area contributed by atoms with Gasteiger partial charge in [0.1, 0.15) is 11.1 Å². The third kappa shape index (κ3) is 6.90. The van der Waals surface area contributed by atoms with Gasteiger partial charge in [-0.1, -0.05) is 0 Å². The van der Waals surface area contributed by atoms with Gasteiger partial charge in [0.25, 0.3) is 5.91 Å². The van der Waals surface area contributed by atoms with Gasteiger partial charge in [-0.15, -0.1) is 0 Å². The summed E-state index contributed by atoms with van der Waals surface area (Å²) in [6, 6.07) is 2.78. The number of carbonyl (C=O) groups is 1. The molecule has 1 aromatic heterocycles. The van der Waals surface area contributed by atoms with E-state index < -0.39 is 18.6 Å². The average Bonchev–Trinajstić information content (AvgIpc) is 2.40. The first kappa shape index (κ1) is 17.9. The normalized spacial score (nSPS) is 11.5. The molecule has 0 aliphatic heterocycles. The zero-order valence-corrected chi connectivity index (χ0v) is 13.1. The maximum Gasteiger partial charge on any atom is 0.406 e. The van der Waals surface area contributed by atoms with Gasteiger partial charge in [0.05, 0.1) is 0 Å². The first-order valence-electron chi connectivity index (χ1n) is 6.39. The number of nitrogens with zero attached hydrogens (tertiary/aromatic N) is 2. The highest BCUT2D eigenvalue weighted by atomic mass is 79.9. The topological polar surface area (TPSA) is 42.4 Å². The minimum absolute atomic E-state index is 0.0156. The van der Waals surface area contributed by atoms with Crippen molar-refractivity contribution in [3.05, 3.63) is 28.5 Å². The van der Waals surface area contributed by atoms with Crippen LogP contribution in [0.25, 0.3) is 0 Å². The van der Waals surface area contributed by atoms with Crippen molar-refractivity contribution in [3.8, 4) is 0 Å². The fourth-order valence-corrected chi connectivity index (χ4v) is 2.05. The van der Waals surface area contributed by atoms with E-state index in [2.05, 4.69) is 20.9 Å². The van der Waals surface area contributed by atoms with Crippen LogP contribution in [0.1, 0.15) is 23.7 Å². The van der Waals surface area contributed by atoms with Crippen molar-refractivity contribution in [2.75, 3.05) is 26.3 Å². The number of aromatic nitrogens is 1. The molecule has 0 bridgehead atoms. The lowest BCUT2D eigenvalue weighted by atomic mass is 10.2. The number of hydrogen-bond acceptors (Lipinski definition) is 3. The Morgan fingerprint density at radius 1 is 1.48 bits per heavy atom. The highest BCUT2D eigenvalue weighted by Gasteiger charge is 2.33.